The average Bonchev–Trinajstić information content (AvgIpc) is 2.73. The van der Waals surface area contributed by atoms with Crippen molar-refractivity contribution in [2.45, 2.75) is 46.1 Å². The fourth-order valence-electron chi connectivity index (χ4n) is 5.04. The molecule has 0 aromatic carbocycles. The SMILES string of the molecule is C[C@H]1CC[C@@H]2[C@@H](C)[C@@H]3C[C@H](CO)[C@@H](C)[C@@H]3C(=O)N2C1. The van der Waals surface area contributed by atoms with E-state index in [0.717, 1.165) is 13.0 Å². The third-order valence-electron chi connectivity index (χ3n) is 6.30. The quantitative estimate of drug-likeness (QED) is 0.789. The van der Waals surface area contributed by atoms with Crippen molar-refractivity contribution < 1.29 is 9.90 Å². The number of carbonyl (C=O) groups is 1. The number of carbonyl (C=O) groups excluding carboxylic acids is 1. The van der Waals surface area contributed by atoms with Crippen molar-refractivity contribution in [1.82, 2.24) is 4.90 Å². The van der Waals surface area contributed by atoms with Gasteiger partial charge in [0.25, 0.3) is 0 Å². The van der Waals surface area contributed by atoms with Crippen LogP contribution in [0.3, 0.4) is 0 Å². The Labute approximate surface area is 116 Å². The Balaban J connectivity index is 1.88. The molecule has 108 valence electrons. The molecule has 3 fully saturated rings. The molecule has 2 heterocycles. The number of hydrogen-bond acceptors (Lipinski definition) is 2. The number of fused-ring (bicyclic) bond motifs is 2. The van der Waals surface area contributed by atoms with Gasteiger partial charge in [-0.1, -0.05) is 20.8 Å². The molecule has 3 nitrogen and oxygen atoms in total. The summed E-state index contributed by atoms with van der Waals surface area (Å²) < 4.78 is 0. The smallest absolute Gasteiger partial charge is 0.226 e. The van der Waals surface area contributed by atoms with Crippen LogP contribution in [-0.4, -0.2) is 35.1 Å². The second-order valence-electron chi connectivity index (χ2n) is 7.33. The summed E-state index contributed by atoms with van der Waals surface area (Å²) in [4.78, 5) is 15.0. The molecule has 3 aliphatic rings. The molecular weight excluding hydrogens is 238 g/mol. The molecule has 0 aromatic heterocycles. The predicted molar refractivity (Wildman–Crippen MR) is 74.4 cm³/mol. The molecule has 3 heteroatoms. The minimum atomic E-state index is 0.175. The summed E-state index contributed by atoms with van der Waals surface area (Å²) in [6.07, 6.45) is 3.49. The van der Waals surface area contributed by atoms with Gasteiger partial charge in [-0.25, -0.2) is 0 Å². The summed E-state index contributed by atoms with van der Waals surface area (Å²) in [5.41, 5.74) is 0. The van der Waals surface area contributed by atoms with E-state index in [1.165, 1.54) is 12.8 Å². The lowest BCUT2D eigenvalue weighted by atomic mass is 9.70. The van der Waals surface area contributed by atoms with Crippen molar-refractivity contribution in [2.75, 3.05) is 13.2 Å². The Morgan fingerprint density at radius 2 is 1.95 bits per heavy atom. The van der Waals surface area contributed by atoms with Gasteiger partial charge in [0.15, 0.2) is 0 Å². The molecule has 1 N–H and O–H groups in total. The molecule has 2 saturated heterocycles. The highest BCUT2D eigenvalue weighted by atomic mass is 16.3. The third-order valence-corrected chi connectivity index (χ3v) is 6.30. The summed E-state index contributed by atoms with van der Waals surface area (Å²) in [5, 5.41) is 9.53. The maximum Gasteiger partial charge on any atom is 0.226 e. The van der Waals surface area contributed by atoms with Crippen molar-refractivity contribution in [3.8, 4) is 0 Å². The number of amides is 1. The average molecular weight is 265 g/mol. The first kappa shape index (κ1) is 13.4. The number of nitrogens with zero attached hydrogens (tertiary/aromatic N) is 1. The zero-order chi connectivity index (χ0) is 13.7. The van der Waals surface area contributed by atoms with Crippen LogP contribution in [0.25, 0.3) is 0 Å². The topological polar surface area (TPSA) is 40.5 Å². The second kappa shape index (κ2) is 4.76. The Morgan fingerprint density at radius 3 is 2.63 bits per heavy atom. The van der Waals surface area contributed by atoms with Crippen LogP contribution < -0.4 is 0 Å². The van der Waals surface area contributed by atoms with Gasteiger partial charge >= 0.3 is 0 Å². The molecule has 2 aliphatic heterocycles. The van der Waals surface area contributed by atoms with E-state index < -0.39 is 0 Å². The molecule has 19 heavy (non-hydrogen) atoms. The summed E-state index contributed by atoms with van der Waals surface area (Å²) in [6, 6.07) is 0.467. The van der Waals surface area contributed by atoms with Crippen LogP contribution in [-0.2, 0) is 4.79 Å². The highest BCUT2D eigenvalue weighted by Crippen LogP contribution is 2.51. The van der Waals surface area contributed by atoms with E-state index in [2.05, 4.69) is 25.7 Å². The number of rotatable bonds is 1. The molecule has 0 unspecified atom stereocenters. The molecular formula is C16H27NO2. The van der Waals surface area contributed by atoms with Crippen LogP contribution in [0.15, 0.2) is 0 Å². The standard InChI is InChI=1S/C16H27NO2/c1-9-4-5-14-11(3)13-6-12(8-18)10(2)15(13)16(19)17(14)7-9/h9-15,18H,4-8H2,1-3H3/t9-,10+,11-,12+,13-,14+,15-/m0/s1. The van der Waals surface area contributed by atoms with Gasteiger partial charge in [-0.05, 0) is 48.9 Å². The van der Waals surface area contributed by atoms with Crippen LogP contribution in [0.1, 0.15) is 40.0 Å². The van der Waals surface area contributed by atoms with Gasteiger partial charge in [-0.3, -0.25) is 4.79 Å². The highest BCUT2D eigenvalue weighted by Gasteiger charge is 2.54. The normalized spacial score (nSPS) is 50.0. The Hall–Kier alpha value is -0.570. The minimum Gasteiger partial charge on any atom is -0.396 e. The van der Waals surface area contributed by atoms with Crippen molar-refractivity contribution in [1.29, 1.82) is 0 Å². The van der Waals surface area contributed by atoms with E-state index in [1.807, 2.05) is 0 Å². The van der Waals surface area contributed by atoms with Crippen molar-refractivity contribution in [3.05, 3.63) is 0 Å². The van der Waals surface area contributed by atoms with Crippen LogP contribution in [0, 0.1) is 35.5 Å². The van der Waals surface area contributed by atoms with Crippen LogP contribution >= 0.6 is 0 Å². The fourth-order valence-corrected chi connectivity index (χ4v) is 5.04. The number of aliphatic hydroxyl groups excluding tert-OH is 1. The first-order valence-electron chi connectivity index (χ1n) is 7.96. The van der Waals surface area contributed by atoms with Crippen LogP contribution in [0.4, 0.5) is 0 Å². The van der Waals surface area contributed by atoms with Gasteiger partial charge in [0.05, 0.1) is 0 Å². The molecule has 1 amide bonds. The second-order valence-corrected chi connectivity index (χ2v) is 7.33. The van der Waals surface area contributed by atoms with Gasteiger partial charge < -0.3 is 10.0 Å². The first-order valence-corrected chi connectivity index (χ1v) is 7.96. The molecule has 1 saturated carbocycles. The zero-order valence-electron chi connectivity index (χ0n) is 12.4. The molecule has 0 aromatic rings. The van der Waals surface area contributed by atoms with Gasteiger partial charge in [-0.2, -0.15) is 0 Å². The third kappa shape index (κ3) is 1.93. The Kier molecular flexibility index (Phi) is 3.36. The molecule has 3 rings (SSSR count). The Morgan fingerprint density at radius 1 is 1.21 bits per heavy atom. The summed E-state index contributed by atoms with van der Waals surface area (Å²) in [7, 11) is 0. The van der Waals surface area contributed by atoms with Crippen LogP contribution in [0.2, 0.25) is 0 Å². The van der Waals surface area contributed by atoms with Gasteiger partial charge in [0, 0.05) is 25.1 Å². The van der Waals surface area contributed by atoms with Crippen molar-refractivity contribution in [2.24, 2.45) is 35.5 Å². The maximum absolute atomic E-state index is 12.8. The lowest BCUT2D eigenvalue weighted by Crippen LogP contribution is -2.58. The highest BCUT2D eigenvalue weighted by molar-refractivity contribution is 5.81. The molecule has 0 bridgehead atoms. The predicted octanol–water partition coefficient (Wildman–Crippen LogP) is 2.14. The van der Waals surface area contributed by atoms with Gasteiger partial charge in [0.2, 0.25) is 5.91 Å². The summed E-state index contributed by atoms with van der Waals surface area (Å²) in [5.74, 6) is 3.01. The summed E-state index contributed by atoms with van der Waals surface area (Å²) in [6.45, 7) is 7.96. The van der Waals surface area contributed by atoms with Crippen LogP contribution in [0.5, 0.6) is 0 Å². The van der Waals surface area contributed by atoms with E-state index in [-0.39, 0.29) is 12.5 Å². The largest absolute Gasteiger partial charge is 0.396 e. The number of hydrogen-bond donors (Lipinski definition) is 1. The molecule has 1 aliphatic carbocycles. The lowest BCUT2D eigenvalue weighted by Gasteiger charge is -2.50. The van der Waals surface area contributed by atoms with E-state index in [1.54, 1.807) is 0 Å². The summed E-state index contributed by atoms with van der Waals surface area (Å²) >= 11 is 0. The van der Waals surface area contributed by atoms with E-state index in [0.29, 0.717) is 41.5 Å². The molecule has 7 atom stereocenters. The fraction of sp³-hybridized carbons (Fsp3) is 0.938. The first-order chi connectivity index (χ1) is 9.04. The number of aliphatic hydroxyl groups is 1. The van der Waals surface area contributed by atoms with E-state index in [9.17, 15) is 9.90 Å². The Bertz CT molecular complexity index is 370. The maximum atomic E-state index is 12.8. The monoisotopic (exact) mass is 265 g/mol. The molecule has 0 spiro atoms. The number of piperidine rings is 2. The van der Waals surface area contributed by atoms with E-state index in [4.69, 9.17) is 0 Å². The van der Waals surface area contributed by atoms with Crippen molar-refractivity contribution in [3.63, 3.8) is 0 Å². The molecule has 0 radical (unpaired) electrons. The van der Waals surface area contributed by atoms with Gasteiger partial charge in [-0.15, -0.1) is 0 Å². The lowest BCUT2D eigenvalue weighted by molar-refractivity contribution is -0.153. The zero-order valence-corrected chi connectivity index (χ0v) is 12.4. The minimum absolute atomic E-state index is 0.175. The van der Waals surface area contributed by atoms with Gasteiger partial charge in [0.1, 0.15) is 0 Å². The van der Waals surface area contributed by atoms with Crippen molar-refractivity contribution >= 4 is 5.91 Å². The van der Waals surface area contributed by atoms with E-state index >= 15 is 0 Å².